The SMILES string of the molecule is CSCCCCCn1nnc2cccc(C(=O)O)c21. The Morgan fingerprint density at radius 3 is 2.95 bits per heavy atom. The van der Waals surface area contributed by atoms with Crippen LogP contribution in [-0.2, 0) is 6.54 Å². The average Bonchev–Trinajstić information content (AvgIpc) is 2.81. The fraction of sp³-hybridized carbons (Fsp3) is 0.462. The highest BCUT2D eigenvalue weighted by atomic mass is 32.2. The number of carbonyl (C=O) groups is 1. The van der Waals surface area contributed by atoms with Crippen molar-refractivity contribution >= 4 is 28.8 Å². The van der Waals surface area contributed by atoms with Crippen molar-refractivity contribution in [2.45, 2.75) is 25.8 Å². The maximum absolute atomic E-state index is 11.2. The van der Waals surface area contributed by atoms with Crippen molar-refractivity contribution in [3.8, 4) is 0 Å². The number of aromatic nitrogens is 3. The number of fused-ring (bicyclic) bond motifs is 1. The molecule has 5 nitrogen and oxygen atoms in total. The minimum absolute atomic E-state index is 0.270. The molecular weight excluding hydrogens is 262 g/mol. The van der Waals surface area contributed by atoms with Gasteiger partial charge in [0.15, 0.2) is 0 Å². The molecule has 0 saturated carbocycles. The van der Waals surface area contributed by atoms with E-state index in [1.54, 1.807) is 22.9 Å². The Bertz CT molecular complexity index is 568. The lowest BCUT2D eigenvalue weighted by Crippen LogP contribution is -2.05. The molecule has 19 heavy (non-hydrogen) atoms. The van der Waals surface area contributed by atoms with Gasteiger partial charge in [-0.05, 0) is 37.0 Å². The van der Waals surface area contributed by atoms with Crippen LogP contribution in [0.25, 0.3) is 11.0 Å². The van der Waals surface area contributed by atoms with E-state index in [1.807, 2.05) is 11.8 Å². The van der Waals surface area contributed by atoms with Gasteiger partial charge in [-0.1, -0.05) is 17.7 Å². The molecule has 0 amide bonds. The number of unbranched alkanes of at least 4 members (excludes halogenated alkanes) is 2. The zero-order valence-corrected chi connectivity index (χ0v) is 11.7. The average molecular weight is 279 g/mol. The molecule has 1 aromatic heterocycles. The third kappa shape index (κ3) is 3.26. The summed E-state index contributed by atoms with van der Waals surface area (Å²) in [5, 5.41) is 17.3. The van der Waals surface area contributed by atoms with Crippen molar-refractivity contribution in [2.75, 3.05) is 12.0 Å². The van der Waals surface area contributed by atoms with E-state index < -0.39 is 5.97 Å². The molecule has 0 radical (unpaired) electrons. The van der Waals surface area contributed by atoms with Gasteiger partial charge >= 0.3 is 5.97 Å². The summed E-state index contributed by atoms with van der Waals surface area (Å²) in [7, 11) is 0. The van der Waals surface area contributed by atoms with E-state index >= 15 is 0 Å². The second-order valence-corrected chi connectivity index (χ2v) is 5.33. The van der Waals surface area contributed by atoms with Crippen LogP contribution in [0.3, 0.4) is 0 Å². The van der Waals surface area contributed by atoms with Gasteiger partial charge in [0, 0.05) is 6.54 Å². The number of aromatic carboxylic acids is 1. The molecule has 0 bridgehead atoms. The van der Waals surface area contributed by atoms with Gasteiger partial charge in [0.25, 0.3) is 0 Å². The van der Waals surface area contributed by atoms with E-state index in [1.165, 1.54) is 12.2 Å². The molecule has 1 aromatic carbocycles. The normalized spacial score (nSPS) is 11.0. The van der Waals surface area contributed by atoms with Crippen LogP contribution < -0.4 is 0 Å². The number of nitrogens with zero attached hydrogens (tertiary/aromatic N) is 3. The second kappa shape index (κ2) is 6.56. The number of carboxylic acid groups (broad SMARTS) is 1. The summed E-state index contributed by atoms with van der Waals surface area (Å²) in [6, 6.07) is 5.08. The zero-order chi connectivity index (χ0) is 13.7. The summed E-state index contributed by atoms with van der Waals surface area (Å²) in [5.74, 6) is 0.231. The molecule has 0 spiro atoms. The van der Waals surface area contributed by atoms with Crippen LogP contribution in [0.4, 0.5) is 0 Å². The van der Waals surface area contributed by atoms with E-state index in [4.69, 9.17) is 0 Å². The molecule has 2 aromatic rings. The van der Waals surface area contributed by atoms with Crippen LogP contribution in [0.5, 0.6) is 0 Å². The maximum atomic E-state index is 11.2. The summed E-state index contributed by atoms with van der Waals surface area (Å²) in [6.45, 7) is 0.717. The number of rotatable bonds is 7. The lowest BCUT2D eigenvalue weighted by molar-refractivity contribution is 0.0698. The molecular formula is C13H17N3O2S. The van der Waals surface area contributed by atoms with Crippen molar-refractivity contribution in [3.05, 3.63) is 23.8 Å². The Hall–Kier alpha value is -1.56. The van der Waals surface area contributed by atoms with E-state index in [9.17, 15) is 9.90 Å². The smallest absolute Gasteiger partial charge is 0.337 e. The van der Waals surface area contributed by atoms with Crippen LogP contribution in [0.15, 0.2) is 18.2 Å². The molecule has 0 fully saturated rings. The Labute approximate surface area is 116 Å². The molecule has 2 rings (SSSR count). The summed E-state index contributed by atoms with van der Waals surface area (Å²) in [4.78, 5) is 11.2. The lowest BCUT2D eigenvalue weighted by Gasteiger charge is -2.04. The van der Waals surface area contributed by atoms with Crippen LogP contribution >= 0.6 is 11.8 Å². The monoisotopic (exact) mass is 279 g/mol. The van der Waals surface area contributed by atoms with Crippen LogP contribution in [0.2, 0.25) is 0 Å². The van der Waals surface area contributed by atoms with Crippen LogP contribution in [0.1, 0.15) is 29.6 Å². The van der Waals surface area contributed by atoms with Crippen molar-refractivity contribution in [1.29, 1.82) is 0 Å². The van der Waals surface area contributed by atoms with Crippen LogP contribution in [-0.4, -0.2) is 38.1 Å². The predicted molar refractivity (Wildman–Crippen MR) is 76.7 cm³/mol. The number of aryl methyl sites for hydroxylation is 1. The summed E-state index contributed by atoms with van der Waals surface area (Å²) in [6.07, 6.45) is 5.40. The first-order chi connectivity index (χ1) is 9.24. The highest BCUT2D eigenvalue weighted by molar-refractivity contribution is 7.98. The van der Waals surface area contributed by atoms with Gasteiger partial charge < -0.3 is 5.11 Å². The fourth-order valence-electron chi connectivity index (χ4n) is 2.04. The number of benzene rings is 1. The summed E-state index contributed by atoms with van der Waals surface area (Å²) >= 11 is 1.85. The first-order valence-corrected chi connectivity index (χ1v) is 7.68. The van der Waals surface area contributed by atoms with E-state index in [2.05, 4.69) is 16.6 Å². The van der Waals surface area contributed by atoms with Gasteiger partial charge in [-0.25, -0.2) is 9.48 Å². The fourth-order valence-corrected chi connectivity index (χ4v) is 2.54. The third-order valence-corrected chi connectivity index (χ3v) is 3.68. The lowest BCUT2D eigenvalue weighted by atomic mass is 10.2. The largest absolute Gasteiger partial charge is 0.478 e. The standard InChI is InChI=1S/C13H17N3O2S/c1-19-9-4-2-3-8-16-12-10(13(17)18)6-5-7-11(12)14-15-16/h5-7H,2-4,8-9H2,1H3,(H,17,18). The van der Waals surface area contributed by atoms with E-state index in [0.29, 0.717) is 11.0 Å². The predicted octanol–water partition coefficient (Wildman–Crippen LogP) is 2.66. The molecule has 6 heteroatoms. The molecule has 0 aliphatic heterocycles. The first kappa shape index (κ1) is 13.9. The van der Waals surface area contributed by atoms with E-state index in [0.717, 1.165) is 19.4 Å². The second-order valence-electron chi connectivity index (χ2n) is 4.34. The van der Waals surface area contributed by atoms with Crippen molar-refractivity contribution < 1.29 is 9.90 Å². The quantitative estimate of drug-likeness (QED) is 0.789. The van der Waals surface area contributed by atoms with Gasteiger partial charge in [0.1, 0.15) is 11.0 Å². The molecule has 0 saturated heterocycles. The molecule has 0 atom stereocenters. The highest BCUT2D eigenvalue weighted by Crippen LogP contribution is 2.17. The number of thioether (sulfide) groups is 1. The number of para-hydroxylation sites is 1. The van der Waals surface area contributed by atoms with Gasteiger partial charge in [-0.2, -0.15) is 11.8 Å². The first-order valence-electron chi connectivity index (χ1n) is 6.28. The zero-order valence-electron chi connectivity index (χ0n) is 10.9. The molecule has 0 aliphatic carbocycles. The Morgan fingerprint density at radius 1 is 1.37 bits per heavy atom. The van der Waals surface area contributed by atoms with Gasteiger partial charge in [-0.3, -0.25) is 0 Å². The number of carboxylic acids is 1. The minimum Gasteiger partial charge on any atom is -0.478 e. The Morgan fingerprint density at radius 2 is 2.21 bits per heavy atom. The summed E-state index contributed by atoms with van der Waals surface area (Å²) < 4.78 is 1.71. The Balaban J connectivity index is 2.12. The molecule has 1 N–H and O–H groups in total. The van der Waals surface area contributed by atoms with Gasteiger partial charge in [0.2, 0.25) is 0 Å². The molecule has 102 valence electrons. The van der Waals surface area contributed by atoms with Crippen molar-refractivity contribution in [1.82, 2.24) is 15.0 Å². The van der Waals surface area contributed by atoms with Gasteiger partial charge in [0.05, 0.1) is 5.56 Å². The Kier molecular flexibility index (Phi) is 4.79. The molecule has 1 heterocycles. The van der Waals surface area contributed by atoms with Gasteiger partial charge in [-0.15, -0.1) is 5.10 Å². The third-order valence-electron chi connectivity index (χ3n) is 2.98. The van der Waals surface area contributed by atoms with Crippen LogP contribution in [0, 0.1) is 0 Å². The highest BCUT2D eigenvalue weighted by Gasteiger charge is 2.13. The molecule has 0 aliphatic rings. The number of hydrogen-bond donors (Lipinski definition) is 1. The minimum atomic E-state index is -0.934. The number of hydrogen-bond acceptors (Lipinski definition) is 4. The topological polar surface area (TPSA) is 68.0 Å². The summed E-state index contributed by atoms with van der Waals surface area (Å²) in [5.41, 5.74) is 1.54. The maximum Gasteiger partial charge on any atom is 0.337 e. The van der Waals surface area contributed by atoms with E-state index in [-0.39, 0.29) is 5.56 Å². The van der Waals surface area contributed by atoms with Crippen molar-refractivity contribution in [3.63, 3.8) is 0 Å². The van der Waals surface area contributed by atoms with Crippen molar-refractivity contribution in [2.24, 2.45) is 0 Å². The molecule has 0 unspecified atom stereocenters.